The summed E-state index contributed by atoms with van der Waals surface area (Å²) >= 11 is 0. The van der Waals surface area contributed by atoms with Crippen LogP contribution in [0.25, 0.3) is 0 Å². The number of carbonyl (C=O) groups excluding carboxylic acids is 8. The number of aryl methyl sites for hydroxylation is 2. The van der Waals surface area contributed by atoms with Crippen LogP contribution in [0.15, 0.2) is 73.6 Å². The number of nitrogens with one attached hydrogen (secondary N) is 8. The largest absolute Gasteiger partial charge is 0.347 e. The van der Waals surface area contributed by atoms with Crippen LogP contribution in [0, 0.1) is 12.3 Å². The smallest absolute Gasteiger partial charge is 0.271 e. The van der Waals surface area contributed by atoms with E-state index in [-0.39, 0.29) is 62.2 Å². The van der Waals surface area contributed by atoms with Crippen LogP contribution in [0.1, 0.15) is 121 Å². The Kier molecular flexibility index (Phi) is 18.3. The molecule has 2 fully saturated rings. The Morgan fingerprint density at radius 1 is 0.676 bits per heavy atom. The number of nitrogens with zero attached hydrogens (tertiary/aromatic N) is 4. The van der Waals surface area contributed by atoms with Gasteiger partial charge in [-0.3, -0.25) is 38.4 Å². The minimum atomic E-state index is -1.14. The van der Waals surface area contributed by atoms with Crippen molar-refractivity contribution < 1.29 is 38.4 Å². The number of rotatable bonds is 19. The first-order valence-corrected chi connectivity index (χ1v) is 25.4. The highest BCUT2D eigenvalue weighted by atomic mass is 16.2. The fraction of sp³-hybridized carbons (Fsp3) is 0.481. The van der Waals surface area contributed by atoms with Gasteiger partial charge in [-0.2, -0.15) is 0 Å². The molecule has 8 amide bonds. The number of hydrogen-bond acceptors (Lipinski definition) is 12. The van der Waals surface area contributed by atoms with Crippen molar-refractivity contribution in [2.75, 3.05) is 27.2 Å². The second-order valence-electron chi connectivity index (χ2n) is 19.5. The van der Waals surface area contributed by atoms with Gasteiger partial charge in [0.2, 0.25) is 35.4 Å². The Bertz CT molecular complexity index is 2640. The van der Waals surface area contributed by atoms with Crippen molar-refractivity contribution in [3.05, 3.63) is 107 Å². The van der Waals surface area contributed by atoms with Crippen LogP contribution in [0.5, 0.6) is 0 Å². The highest BCUT2D eigenvalue weighted by molar-refractivity contribution is 5.97. The average Bonchev–Trinajstić information content (AvgIpc) is 4.04. The fourth-order valence-electron chi connectivity index (χ4n) is 10.3. The van der Waals surface area contributed by atoms with Crippen LogP contribution in [-0.2, 0) is 41.6 Å². The van der Waals surface area contributed by atoms with Crippen LogP contribution in [-0.4, -0.2) is 143 Å². The third-order valence-corrected chi connectivity index (χ3v) is 14.5. The molecule has 74 heavy (non-hydrogen) atoms. The Hall–Kier alpha value is -7.50. The van der Waals surface area contributed by atoms with Gasteiger partial charge >= 0.3 is 0 Å². The predicted octanol–water partition coefficient (Wildman–Crippen LogP) is 1.05. The summed E-state index contributed by atoms with van der Waals surface area (Å²) in [5.74, 6) is -1.64. The zero-order valence-electron chi connectivity index (χ0n) is 42.4. The monoisotopic (exact) mass is 1010 g/mol. The Labute approximate surface area is 431 Å². The van der Waals surface area contributed by atoms with E-state index >= 15 is 0 Å². The van der Waals surface area contributed by atoms with Crippen LogP contribution >= 0.6 is 0 Å². The van der Waals surface area contributed by atoms with Crippen molar-refractivity contribution in [2.45, 2.75) is 138 Å². The van der Waals surface area contributed by atoms with Gasteiger partial charge < -0.3 is 52.3 Å². The summed E-state index contributed by atoms with van der Waals surface area (Å²) in [6, 6.07) is 8.37. The van der Waals surface area contributed by atoms with E-state index in [2.05, 4.69) is 65.0 Å². The lowest BCUT2D eigenvalue weighted by Gasteiger charge is -2.31. The number of terminal acetylenes is 1. The molecule has 0 bridgehead atoms. The third-order valence-electron chi connectivity index (χ3n) is 14.5. The summed E-state index contributed by atoms with van der Waals surface area (Å²) in [4.78, 5) is 122. The van der Waals surface area contributed by atoms with Gasteiger partial charge in [0.05, 0.1) is 36.6 Å². The van der Waals surface area contributed by atoms with E-state index in [0.717, 1.165) is 60.3 Å². The van der Waals surface area contributed by atoms with Crippen LogP contribution < -0.4 is 42.5 Å². The van der Waals surface area contributed by atoms with E-state index in [1.165, 1.54) is 15.9 Å². The zero-order chi connectivity index (χ0) is 53.1. The van der Waals surface area contributed by atoms with Gasteiger partial charge in [-0.15, -0.1) is 18.9 Å². The molecule has 2 saturated heterocycles. The van der Waals surface area contributed by atoms with E-state index in [0.29, 0.717) is 12.8 Å². The minimum Gasteiger partial charge on any atom is -0.347 e. The normalized spacial score (nSPS) is 22.5. The van der Waals surface area contributed by atoms with Crippen LogP contribution in [0.2, 0.25) is 0 Å². The van der Waals surface area contributed by atoms with E-state index in [4.69, 9.17) is 6.42 Å². The summed E-state index contributed by atoms with van der Waals surface area (Å²) in [6.45, 7) is 6.93. The molecule has 3 heterocycles. The molecule has 4 aliphatic rings. The maximum absolute atomic E-state index is 14.3. The molecule has 2 aliphatic heterocycles. The Morgan fingerprint density at radius 3 is 1.53 bits per heavy atom. The fourth-order valence-corrected chi connectivity index (χ4v) is 10.3. The molecule has 2 aliphatic carbocycles. The van der Waals surface area contributed by atoms with Crippen molar-refractivity contribution in [1.29, 1.82) is 0 Å². The van der Waals surface area contributed by atoms with Gasteiger partial charge in [-0.25, -0.2) is 9.97 Å². The predicted molar refractivity (Wildman–Crippen MR) is 274 cm³/mol. The highest BCUT2D eigenvalue weighted by Gasteiger charge is 2.45. The summed E-state index contributed by atoms with van der Waals surface area (Å²) in [5, 5.41) is 23.2. The summed E-state index contributed by atoms with van der Waals surface area (Å²) < 4.78 is 0. The van der Waals surface area contributed by atoms with Crippen LogP contribution in [0.3, 0.4) is 0 Å². The first-order chi connectivity index (χ1) is 35.6. The van der Waals surface area contributed by atoms with Gasteiger partial charge in [0.15, 0.2) is 0 Å². The number of benzene rings is 2. The summed E-state index contributed by atoms with van der Waals surface area (Å²) in [6.07, 6.45) is 14.4. The van der Waals surface area contributed by atoms with Crippen molar-refractivity contribution in [3.63, 3.8) is 0 Å². The van der Waals surface area contributed by atoms with Crippen LogP contribution in [0.4, 0.5) is 0 Å². The summed E-state index contributed by atoms with van der Waals surface area (Å²) in [7, 11) is 3.23. The number of amides is 8. The number of carbonyl (C=O) groups is 8. The number of likely N-dealkylation sites (tertiary alicyclic amines) is 2. The standard InChI is InChI=1S/C54H68N12O8/c1-7-15-41(63-47(67)31(3)55-5)53(73)65-29-35(25-45(65)51(71)61-39-23-13-19-33-17-9-11-21-37(33)39)59-49(69)43-27-58-44(28-57-43)50(70)60-36-26-46(52(72)62-40-24-14-20-34-18-10-12-22-38(34)40)66(30-36)54(74)42(16-8-2)64-48(68)32(4)56-6/h1,8-12,17-18,21-22,27-28,31-32,35-36,39-42,45-46,55-56H,2,13-16,19-20,23-26,29-30H2,3-6H3,(H,59,69)(H,60,70)(H,61,71)(H,62,72)(H,63,67)(H,64,68)/t31-,32-,35-,36-,39+,40+,41-,42-,45-,46-/m0/s1. The maximum atomic E-state index is 14.3. The number of likely N-dealkylation sites (N-methyl/N-ethyl adjacent to an activating group) is 2. The Morgan fingerprint density at radius 2 is 1.11 bits per heavy atom. The average molecular weight is 1010 g/mol. The number of fused-ring (bicyclic) bond motifs is 2. The quantitative estimate of drug-likeness (QED) is 0.0619. The van der Waals surface area contributed by atoms with Crippen molar-refractivity contribution in [3.8, 4) is 12.3 Å². The van der Waals surface area contributed by atoms with Gasteiger partial charge in [-0.05, 0) is 108 Å². The molecule has 0 saturated carbocycles. The van der Waals surface area contributed by atoms with Gasteiger partial charge in [0.1, 0.15) is 35.6 Å². The molecular weight excluding hydrogens is 945 g/mol. The maximum Gasteiger partial charge on any atom is 0.271 e. The third kappa shape index (κ3) is 12.8. The molecule has 20 nitrogen and oxygen atoms in total. The molecule has 0 radical (unpaired) electrons. The molecule has 20 heteroatoms. The van der Waals surface area contributed by atoms with Gasteiger partial charge in [0, 0.05) is 31.6 Å². The molecule has 10 atom stereocenters. The molecule has 0 unspecified atom stereocenters. The molecule has 0 spiro atoms. The first kappa shape index (κ1) is 54.3. The second-order valence-corrected chi connectivity index (χ2v) is 19.5. The second kappa shape index (κ2) is 25.0. The van der Waals surface area contributed by atoms with Gasteiger partial charge in [0.25, 0.3) is 11.8 Å². The molecule has 8 N–H and O–H groups in total. The van der Waals surface area contributed by atoms with E-state index in [1.807, 2.05) is 48.5 Å². The Balaban J connectivity index is 1.04. The van der Waals surface area contributed by atoms with E-state index in [1.54, 1.807) is 27.9 Å². The lowest BCUT2D eigenvalue weighted by molar-refractivity contribution is -0.141. The number of hydrogen-bond donors (Lipinski definition) is 8. The SMILES string of the molecule is C#CC[C@H](NC(=O)[C@H](C)NC)C(=O)N1C[C@@H](NC(=O)c2cnc(C(=O)N[C@H]3C[C@@H](C(=O)N[C@@H]4CCCc5ccccc54)N(C(=O)[C@H](CC=C)NC(=O)[C@H](C)NC)C3)cn2)C[C@H]1C(=O)N[C@@H]1CCCc2ccccc21. The number of aromatic nitrogens is 2. The van der Waals surface area contributed by atoms with Crippen molar-refractivity contribution in [2.24, 2.45) is 0 Å². The summed E-state index contributed by atoms with van der Waals surface area (Å²) in [5.41, 5.74) is 4.01. The van der Waals surface area contributed by atoms with Crippen molar-refractivity contribution >= 4 is 47.3 Å². The van der Waals surface area contributed by atoms with Gasteiger partial charge in [-0.1, -0.05) is 54.6 Å². The zero-order valence-corrected chi connectivity index (χ0v) is 42.4. The lowest BCUT2D eigenvalue weighted by Crippen LogP contribution is -2.55. The van der Waals surface area contributed by atoms with E-state index in [9.17, 15) is 38.4 Å². The molecule has 2 aromatic carbocycles. The topological polar surface area (TPSA) is 265 Å². The minimum absolute atomic E-state index is 0.0406. The molecular formula is C54H68N12O8. The lowest BCUT2D eigenvalue weighted by atomic mass is 9.87. The molecule has 392 valence electrons. The molecule has 1 aromatic heterocycles. The molecule has 3 aromatic rings. The first-order valence-electron chi connectivity index (χ1n) is 25.4. The van der Waals surface area contributed by atoms with E-state index < -0.39 is 95.6 Å². The highest BCUT2D eigenvalue weighted by Crippen LogP contribution is 2.32. The molecule has 7 rings (SSSR count). The van der Waals surface area contributed by atoms with Crippen molar-refractivity contribution in [1.82, 2.24) is 62.3 Å².